The standard InChI is InChI=1S/C24H24ClN5O3S/c1-13-5-15(25)7-19(18(13)8-16-10-26-3-4-33-16)22-23-20(27-12-28-22)9-17(34-23)11-30-21(31)6-14(2)29-24(30)32/h5-7,9,12,16,26H,3-4,8,10-11H2,1-2H3,(H,29,32). The Balaban J connectivity index is 1.58. The first kappa shape index (κ1) is 22.9. The topological polar surface area (TPSA) is 102 Å². The van der Waals surface area contributed by atoms with E-state index in [1.54, 1.807) is 6.92 Å². The molecule has 1 atom stereocenters. The molecule has 2 N–H and O–H groups in total. The van der Waals surface area contributed by atoms with Gasteiger partial charge in [-0.1, -0.05) is 11.6 Å². The molecule has 1 fully saturated rings. The Kier molecular flexibility index (Phi) is 6.35. The van der Waals surface area contributed by atoms with Crippen LogP contribution in [0.5, 0.6) is 0 Å². The molecule has 3 aromatic heterocycles. The van der Waals surface area contributed by atoms with Gasteiger partial charge in [-0.05, 0) is 43.2 Å². The van der Waals surface area contributed by atoms with Crippen LogP contribution in [-0.4, -0.2) is 45.3 Å². The maximum atomic E-state index is 12.4. The van der Waals surface area contributed by atoms with Gasteiger partial charge in [0.2, 0.25) is 0 Å². The zero-order valence-electron chi connectivity index (χ0n) is 18.9. The average Bonchev–Trinajstić information content (AvgIpc) is 3.21. The highest BCUT2D eigenvalue weighted by Gasteiger charge is 2.21. The first-order valence-corrected chi connectivity index (χ1v) is 12.2. The van der Waals surface area contributed by atoms with Gasteiger partial charge in [0.1, 0.15) is 6.33 Å². The van der Waals surface area contributed by atoms with E-state index in [0.717, 1.165) is 57.0 Å². The van der Waals surface area contributed by atoms with Crippen LogP contribution in [0.25, 0.3) is 21.5 Å². The number of ether oxygens (including phenoxy) is 1. The Morgan fingerprint density at radius 3 is 2.82 bits per heavy atom. The van der Waals surface area contributed by atoms with Crippen molar-refractivity contribution in [1.82, 2.24) is 24.8 Å². The quantitative estimate of drug-likeness (QED) is 0.439. The summed E-state index contributed by atoms with van der Waals surface area (Å²) >= 11 is 7.94. The first-order valence-electron chi connectivity index (χ1n) is 11.0. The molecule has 1 saturated heterocycles. The summed E-state index contributed by atoms with van der Waals surface area (Å²) in [5.41, 5.74) is 4.50. The second-order valence-electron chi connectivity index (χ2n) is 8.48. The van der Waals surface area contributed by atoms with Gasteiger partial charge in [0, 0.05) is 46.7 Å². The molecule has 1 aliphatic heterocycles. The van der Waals surface area contributed by atoms with Gasteiger partial charge in [0.25, 0.3) is 5.56 Å². The number of fused-ring (bicyclic) bond motifs is 1. The van der Waals surface area contributed by atoms with E-state index in [1.807, 2.05) is 18.2 Å². The van der Waals surface area contributed by atoms with Crippen molar-refractivity contribution < 1.29 is 4.74 Å². The number of morpholine rings is 1. The highest BCUT2D eigenvalue weighted by molar-refractivity contribution is 7.19. The zero-order chi connectivity index (χ0) is 23.8. The molecule has 1 unspecified atom stereocenters. The molecule has 176 valence electrons. The lowest BCUT2D eigenvalue weighted by atomic mass is 9.94. The van der Waals surface area contributed by atoms with Crippen LogP contribution >= 0.6 is 22.9 Å². The monoisotopic (exact) mass is 497 g/mol. The average molecular weight is 498 g/mol. The van der Waals surface area contributed by atoms with E-state index in [-0.39, 0.29) is 18.2 Å². The minimum absolute atomic E-state index is 0.0729. The lowest BCUT2D eigenvalue weighted by Gasteiger charge is -2.25. The van der Waals surface area contributed by atoms with Gasteiger partial charge in [-0.25, -0.2) is 14.8 Å². The number of thiophene rings is 1. The number of H-pyrrole nitrogens is 1. The molecule has 0 amide bonds. The van der Waals surface area contributed by atoms with Crippen molar-refractivity contribution in [3.8, 4) is 11.3 Å². The van der Waals surface area contributed by atoms with Crippen LogP contribution in [0, 0.1) is 13.8 Å². The molecule has 0 aliphatic carbocycles. The van der Waals surface area contributed by atoms with E-state index in [0.29, 0.717) is 17.3 Å². The number of hydrogen-bond acceptors (Lipinski definition) is 7. The molecule has 0 bridgehead atoms. The Morgan fingerprint density at radius 2 is 2.06 bits per heavy atom. The van der Waals surface area contributed by atoms with E-state index in [9.17, 15) is 9.59 Å². The van der Waals surface area contributed by atoms with Crippen molar-refractivity contribution >= 4 is 33.2 Å². The predicted molar refractivity (Wildman–Crippen MR) is 134 cm³/mol. The number of hydrogen-bond donors (Lipinski definition) is 2. The predicted octanol–water partition coefficient (Wildman–Crippen LogP) is 3.06. The summed E-state index contributed by atoms with van der Waals surface area (Å²) in [5.74, 6) is 0. The molecular weight excluding hydrogens is 474 g/mol. The van der Waals surface area contributed by atoms with Gasteiger partial charge in [0.15, 0.2) is 0 Å². The number of nitrogens with one attached hydrogen (secondary N) is 2. The molecule has 5 rings (SSSR count). The normalized spacial score (nSPS) is 16.3. The van der Waals surface area contributed by atoms with Crippen LogP contribution in [0.4, 0.5) is 0 Å². The van der Waals surface area contributed by atoms with Crippen LogP contribution in [0.2, 0.25) is 5.02 Å². The zero-order valence-corrected chi connectivity index (χ0v) is 20.4. The first-order chi connectivity index (χ1) is 16.4. The van der Waals surface area contributed by atoms with E-state index in [2.05, 4.69) is 27.2 Å². The summed E-state index contributed by atoms with van der Waals surface area (Å²) in [4.78, 5) is 37.3. The SMILES string of the molecule is Cc1cc(=O)n(Cc2cc3ncnc(-c4cc(Cl)cc(C)c4CC4CNCCO4)c3s2)c(=O)[nH]1. The number of halogens is 1. The lowest BCUT2D eigenvalue weighted by Crippen LogP contribution is -2.39. The second kappa shape index (κ2) is 9.42. The maximum absolute atomic E-state index is 12.4. The van der Waals surface area contributed by atoms with Gasteiger partial charge in [-0.15, -0.1) is 11.3 Å². The molecule has 10 heteroatoms. The molecule has 0 spiro atoms. The Hall–Kier alpha value is -2.85. The molecule has 0 radical (unpaired) electrons. The highest BCUT2D eigenvalue weighted by atomic mass is 35.5. The summed E-state index contributed by atoms with van der Waals surface area (Å²) in [6.45, 7) is 6.25. The van der Waals surface area contributed by atoms with E-state index < -0.39 is 5.69 Å². The fourth-order valence-electron chi connectivity index (χ4n) is 4.35. The number of aromatic amines is 1. The van der Waals surface area contributed by atoms with Crippen molar-refractivity contribution in [3.63, 3.8) is 0 Å². The van der Waals surface area contributed by atoms with Crippen molar-refractivity contribution in [2.24, 2.45) is 0 Å². The second-order valence-corrected chi connectivity index (χ2v) is 10.1. The Morgan fingerprint density at radius 1 is 1.21 bits per heavy atom. The van der Waals surface area contributed by atoms with Gasteiger partial charge in [0.05, 0.1) is 35.2 Å². The number of nitrogens with zero attached hydrogens (tertiary/aromatic N) is 3. The van der Waals surface area contributed by atoms with Crippen molar-refractivity contribution in [1.29, 1.82) is 0 Å². The Bertz CT molecular complexity index is 1460. The third kappa shape index (κ3) is 4.56. The van der Waals surface area contributed by atoms with Crippen LogP contribution < -0.4 is 16.6 Å². The fourth-order valence-corrected chi connectivity index (χ4v) is 5.72. The third-order valence-electron chi connectivity index (χ3n) is 5.96. The van der Waals surface area contributed by atoms with Crippen molar-refractivity contribution in [3.05, 3.63) is 78.2 Å². The molecule has 1 aromatic carbocycles. The number of rotatable bonds is 5. The van der Waals surface area contributed by atoms with Crippen molar-refractivity contribution in [2.45, 2.75) is 32.9 Å². The number of benzene rings is 1. The van der Waals surface area contributed by atoms with Crippen LogP contribution in [0.1, 0.15) is 21.7 Å². The summed E-state index contributed by atoms with van der Waals surface area (Å²) in [6, 6.07) is 7.23. The third-order valence-corrected chi connectivity index (χ3v) is 7.29. The largest absolute Gasteiger partial charge is 0.375 e. The van der Waals surface area contributed by atoms with E-state index in [1.165, 1.54) is 28.3 Å². The Labute approximate surface area is 204 Å². The van der Waals surface area contributed by atoms with E-state index >= 15 is 0 Å². The minimum atomic E-state index is -0.428. The molecule has 1 aliphatic rings. The summed E-state index contributed by atoms with van der Waals surface area (Å²) in [5, 5.41) is 4.02. The van der Waals surface area contributed by atoms with Gasteiger partial charge < -0.3 is 15.0 Å². The molecule has 4 heterocycles. The molecule has 4 aromatic rings. The van der Waals surface area contributed by atoms with Crippen LogP contribution in [0.15, 0.2) is 40.2 Å². The molecular formula is C24H24ClN5O3S. The minimum Gasteiger partial charge on any atom is -0.375 e. The van der Waals surface area contributed by atoms with Crippen LogP contribution in [0.3, 0.4) is 0 Å². The maximum Gasteiger partial charge on any atom is 0.328 e. The lowest BCUT2D eigenvalue weighted by molar-refractivity contribution is 0.0292. The number of aromatic nitrogens is 4. The molecule has 34 heavy (non-hydrogen) atoms. The molecule has 0 saturated carbocycles. The summed E-state index contributed by atoms with van der Waals surface area (Å²) in [6.07, 6.45) is 2.35. The smallest absolute Gasteiger partial charge is 0.328 e. The molecule has 8 nitrogen and oxygen atoms in total. The van der Waals surface area contributed by atoms with Crippen molar-refractivity contribution in [2.75, 3.05) is 19.7 Å². The van der Waals surface area contributed by atoms with Crippen LogP contribution in [-0.2, 0) is 17.7 Å². The highest BCUT2D eigenvalue weighted by Crippen LogP contribution is 2.37. The van der Waals surface area contributed by atoms with Gasteiger partial charge >= 0.3 is 5.69 Å². The summed E-state index contributed by atoms with van der Waals surface area (Å²) in [7, 11) is 0. The fraction of sp³-hybridized carbons (Fsp3) is 0.333. The summed E-state index contributed by atoms with van der Waals surface area (Å²) < 4.78 is 8.03. The number of aryl methyl sites for hydroxylation is 2. The van der Waals surface area contributed by atoms with Gasteiger partial charge in [-0.2, -0.15) is 0 Å². The van der Waals surface area contributed by atoms with E-state index in [4.69, 9.17) is 16.3 Å². The van der Waals surface area contributed by atoms with Gasteiger partial charge in [-0.3, -0.25) is 9.36 Å².